The summed E-state index contributed by atoms with van der Waals surface area (Å²) in [7, 11) is 0. The number of rotatable bonds is 3. The minimum atomic E-state index is -0.673. The van der Waals surface area contributed by atoms with E-state index in [-0.39, 0.29) is 5.82 Å². The Hall–Kier alpha value is -1.70. The summed E-state index contributed by atoms with van der Waals surface area (Å²) in [5.74, 6) is -0.864. The van der Waals surface area contributed by atoms with Crippen LogP contribution in [0.1, 0.15) is 11.1 Å². The third-order valence-corrected chi connectivity index (χ3v) is 6.26. The fourth-order valence-corrected chi connectivity index (χ4v) is 4.82. The molecule has 0 aliphatic carbocycles. The molecule has 5 nitrogen and oxygen atoms in total. The predicted octanol–water partition coefficient (Wildman–Crippen LogP) is 3.27. The Morgan fingerprint density at radius 2 is 1.66 bits per heavy atom. The number of hydrogen-bond donors (Lipinski definition) is 0. The van der Waals surface area contributed by atoms with Crippen LogP contribution in [0.5, 0.6) is 0 Å². The summed E-state index contributed by atoms with van der Waals surface area (Å²) in [6.07, 6.45) is 0. The Labute approximate surface area is 175 Å². The van der Waals surface area contributed by atoms with E-state index in [9.17, 15) is 4.39 Å². The lowest BCUT2D eigenvalue weighted by atomic mass is 9.94. The first-order valence-electron chi connectivity index (χ1n) is 10.1. The van der Waals surface area contributed by atoms with Crippen molar-refractivity contribution in [1.29, 1.82) is 0 Å². The van der Waals surface area contributed by atoms with E-state index in [0.717, 1.165) is 62.2 Å². The lowest BCUT2D eigenvalue weighted by molar-refractivity contribution is -0.191. The van der Waals surface area contributed by atoms with Gasteiger partial charge in [0, 0.05) is 49.0 Å². The Morgan fingerprint density at radius 1 is 0.931 bits per heavy atom. The number of piperazine rings is 1. The molecule has 2 aromatic rings. The van der Waals surface area contributed by atoms with Crippen LogP contribution in [0.4, 0.5) is 10.1 Å². The van der Waals surface area contributed by atoms with Crippen molar-refractivity contribution in [2.24, 2.45) is 0 Å². The third kappa shape index (κ3) is 3.88. The molecule has 0 N–H and O–H groups in total. The Kier molecular flexibility index (Phi) is 5.22. The molecule has 29 heavy (non-hydrogen) atoms. The summed E-state index contributed by atoms with van der Waals surface area (Å²) < 4.78 is 25.3. The highest BCUT2D eigenvalue weighted by Crippen LogP contribution is 2.39. The van der Waals surface area contributed by atoms with Crippen LogP contribution in [0.2, 0.25) is 5.02 Å². The van der Waals surface area contributed by atoms with Gasteiger partial charge in [0.2, 0.25) is 5.79 Å². The van der Waals surface area contributed by atoms with Crippen LogP contribution < -0.4 is 4.90 Å². The second-order valence-electron chi connectivity index (χ2n) is 7.96. The molecule has 3 aliphatic rings. The second-order valence-corrected chi connectivity index (χ2v) is 8.40. The molecule has 0 atom stereocenters. The molecular weight excluding hydrogens is 393 g/mol. The zero-order chi connectivity index (χ0) is 19.8. The molecule has 2 fully saturated rings. The molecule has 1 spiro atoms. The molecule has 0 bridgehead atoms. The minimum Gasteiger partial charge on any atom is -0.369 e. The summed E-state index contributed by atoms with van der Waals surface area (Å²) in [6.45, 7) is 7.44. The largest absolute Gasteiger partial charge is 0.369 e. The van der Waals surface area contributed by atoms with E-state index < -0.39 is 5.79 Å². The first kappa shape index (κ1) is 19.3. The van der Waals surface area contributed by atoms with Crippen LogP contribution in [0, 0.1) is 5.82 Å². The van der Waals surface area contributed by atoms with Gasteiger partial charge in [-0.2, -0.15) is 0 Å². The summed E-state index contributed by atoms with van der Waals surface area (Å²) in [5, 5.41) is 0.742. The maximum Gasteiger partial charge on any atom is 0.208 e. The first-order chi connectivity index (χ1) is 14.1. The molecule has 0 amide bonds. The highest BCUT2D eigenvalue weighted by Gasteiger charge is 2.45. The van der Waals surface area contributed by atoms with Crippen LogP contribution in [0.15, 0.2) is 42.5 Å². The van der Waals surface area contributed by atoms with Crippen molar-refractivity contribution in [3.63, 3.8) is 0 Å². The minimum absolute atomic E-state index is 0.192. The van der Waals surface area contributed by atoms with Crippen molar-refractivity contribution >= 4 is 17.3 Å². The smallest absolute Gasteiger partial charge is 0.208 e. The average Bonchev–Trinajstić information content (AvgIpc) is 3.17. The van der Waals surface area contributed by atoms with Crippen molar-refractivity contribution in [2.75, 3.05) is 57.5 Å². The number of halogens is 2. The Bertz CT molecular complexity index is 865. The van der Waals surface area contributed by atoms with Crippen molar-refractivity contribution in [3.8, 4) is 0 Å². The third-order valence-electron chi connectivity index (χ3n) is 6.02. The molecule has 2 aromatic carbocycles. The zero-order valence-electron chi connectivity index (χ0n) is 16.3. The van der Waals surface area contributed by atoms with Crippen LogP contribution in [0.25, 0.3) is 0 Å². The number of nitrogens with zero attached hydrogens (tertiary/aromatic N) is 3. The number of anilines is 1. The second kappa shape index (κ2) is 7.85. The quantitative estimate of drug-likeness (QED) is 0.764. The SMILES string of the molecule is Fc1ccc(N2CCN(CN3Cc4cc(Cl)ccc4C4(C3)OCCO4)CC2)cc1. The molecule has 7 heteroatoms. The van der Waals surface area contributed by atoms with Crippen LogP contribution >= 0.6 is 11.6 Å². The highest BCUT2D eigenvalue weighted by molar-refractivity contribution is 6.30. The standard InChI is InChI=1S/C22H25ClFN3O2/c23-18-1-6-21-17(13-18)14-26(15-22(21)28-11-12-29-22)16-25-7-9-27(10-8-25)20-4-2-19(24)3-5-20/h1-6,13H,7-12,14-16H2. The summed E-state index contributed by atoms with van der Waals surface area (Å²) in [6, 6.07) is 12.8. The Morgan fingerprint density at radius 3 is 2.38 bits per heavy atom. The molecule has 0 radical (unpaired) electrons. The molecule has 154 valence electrons. The lowest BCUT2D eigenvalue weighted by Gasteiger charge is -2.43. The molecule has 0 aromatic heterocycles. The van der Waals surface area contributed by atoms with E-state index in [1.165, 1.54) is 17.7 Å². The van der Waals surface area contributed by atoms with Gasteiger partial charge in [-0.25, -0.2) is 4.39 Å². The van der Waals surface area contributed by atoms with Gasteiger partial charge in [0.25, 0.3) is 0 Å². The molecule has 0 saturated carbocycles. The van der Waals surface area contributed by atoms with Crippen LogP contribution in [-0.2, 0) is 21.8 Å². The van der Waals surface area contributed by atoms with Gasteiger partial charge < -0.3 is 14.4 Å². The van der Waals surface area contributed by atoms with Gasteiger partial charge in [0.15, 0.2) is 0 Å². The molecular formula is C22H25ClFN3O2. The molecule has 3 heterocycles. The number of ether oxygens (including phenoxy) is 2. The van der Waals surface area contributed by atoms with Crippen molar-refractivity contribution in [2.45, 2.75) is 12.3 Å². The summed E-state index contributed by atoms with van der Waals surface area (Å²) in [5.41, 5.74) is 3.37. The monoisotopic (exact) mass is 417 g/mol. The average molecular weight is 418 g/mol. The van der Waals surface area contributed by atoms with Gasteiger partial charge in [0.1, 0.15) is 5.82 Å². The maximum absolute atomic E-state index is 13.2. The summed E-state index contributed by atoms with van der Waals surface area (Å²) in [4.78, 5) is 7.15. The predicted molar refractivity (Wildman–Crippen MR) is 110 cm³/mol. The lowest BCUT2D eigenvalue weighted by Crippen LogP contribution is -2.54. The highest BCUT2D eigenvalue weighted by atomic mass is 35.5. The van der Waals surface area contributed by atoms with Gasteiger partial charge in [-0.3, -0.25) is 9.80 Å². The van der Waals surface area contributed by atoms with Crippen LogP contribution in [0.3, 0.4) is 0 Å². The first-order valence-corrected chi connectivity index (χ1v) is 10.5. The summed E-state index contributed by atoms with van der Waals surface area (Å²) >= 11 is 6.26. The van der Waals surface area contributed by atoms with E-state index in [0.29, 0.717) is 13.2 Å². The maximum atomic E-state index is 13.2. The molecule has 3 aliphatic heterocycles. The van der Waals surface area contributed by atoms with Crippen molar-refractivity contribution in [1.82, 2.24) is 9.80 Å². The van der Waals surface area contributed by atoms with Gasteiger partial charge >= 0.3 is 0 Å². The Balaban J connectivity index is 1.25. The van der Waals surface area contributed by atoms with E-state index in [2.05, 4.69) is 14.7 Å². The topological polar surface area (TPSA) is 28.2 Å². The number of hydrogen-bond acceptors (Lipinski definition) is 5. The van der Waals surface area contributed by atoms with Crippen molar-refractivity contribution < 1.29 is 13.9 Å². The van der Waals surface area contributed by atoms with Gasteiger partial charge in [-0.05, 0) is 42.0 Å². The van der Waals surface area contributed by atoms with E-state index in [1.54, 1.807) is 0 Å². The van der Waals surface area contributed by atoms with E-state index in [4.69, 9.17) is 21.1 Å². The fraction of sp³-hybridized carbons (Fsp3) is 0.455. The van der Waals surface area contributed by atoms with E-state index in [1.807, 2.05) is 30.3 Å². The van der Waals surface area contributed by atoms with Gasteiger partial charge in [-0.15, -0.1) is 0 Å². The number of fused-ring (bicyclic) bond motifs is 2. The van der Waals surface area contributed by atoms with E-state index >= 15 is 0 Å². The zero-order valence-corrected chi connectivity index (χ0v) is 17.1. The van der Waals surface area contributed by atoms with Crippen LogP contribution in [-0.4, -0.2) is 62.4 Å². The van der Waals surface area contributed by atoms with Gasteiger partial charge in [0.05, 0.1) is 26.4 Å². The molecule has 5 rings (SSSR count). The van der Waals surface area contributed by atoms with Gasteiger partial charge in [-0.1, -0.05) is 17.7 Å². The molecule has 2 saturated heterocycles. The number of benzene rings is 2. The van der Waals surface area contributed by atoms with Crippen molar-refractivity contribution in [3.05, 3.63) is 64.4 Å². The fourth-order valence-electron chi connectivity index (χ4n) is 4.62. The normalized spacial score (nSPS) is 22.2. The molecule has 0 unspecified atom stereocenters.